The number of thiazole rings is 1. The summed E-state index contributed by atoms with van der Waals surface area (Å²) in [5, 5.41) is 4.28. The zero-order chi connectivity index (χ0) is 11.8. The molecule has 0 fully saturated rings. The summed E-state index contributed by atoms with van der Waals surface area (Å²) in [5.41, 5.74) is 0. The van der Waals surface area contributed by atoms with Crippen LogP contribution in [-0.2, 0) is 11.3 Å². The molecule has 0 radical (unpaired) electrons. The average molecular weight is 242 g/mol. The van der Waals surface area contributed by atoms with Crippen LogP contribution in [0, 0.1) is 0 Å². The van der Waals surface area contributed by atoms with E-state index in [4.69, 9.17) is 4.74 Å². The van der Waals surface area contributed by atoms with E-state index < -0.39 is 0 Å². The Morgan fingerprint density at radius 3 is 2.94 bits per heavy atom. The van der Waals surface area contributed by atoms with Crippen molar-refractivity contribution < 1.29 is 4.74 Å². The Labute approximate surface area is 102 Å². The summed E-state index contributed by atoms with van der Waals surface area (Å²) >= 11 is 1.69. The van der Waals surface area contributed by atoms with Crippen molar-refractivity contribution in [2.75, 3.05) is 11.9 Å². The Morgan fingerprint density at radius 1 is 1.44 bits per heavy atom. The van der Waals surface area contributed by atoms with Gasteiger partial charge >= 0.3 is 0 Å². The lowest BCUT2D eigenvalue weighted by atomic mass is 10.2. The Morgan fingerprint density at radius 2 is 2.25 bits per heavy atom. The molecule has 1 aromatic rings. The Kier molecular flexibility index (Phi) is 6.42. The van der Waals surface area contributed by atoms with Crippen LogP contribution in [0.4, 0.5) is 5.13 Å². The Hall–Kier alpha value is -0.610. The van der Waals surface area contributed by atoms with E-state index in [9.17, 15) is 0 Å². The number of ether oxygens (including phenoxy) is 1. The van der Waals surface area contributed by atoms with E-state index in [1.165, 1.54) is 11.3 Å². The van der Waals surface area contributed by atoms with Crippen molar-refractivity contribution in [2.24, 2.45) is 0 Å². The number of rotatable bonds is 8. The van der Waals surface area contributed by atoms with Crippen LogP contribution in [0.1, 0.15) is 44.9 Å². The lowest BCUT2D eigenvalue weighted by Crippen LogP contribution is -2.06. The molecule has 0 saturated carbocycles. The third kappa shape index (κ3) is 4.94. The van der Waals surface area contributed by atoms with Crippen LogP contribution in [0.5, 0.6) is 0 Å². The monoisotopic (exact) mass is 242 g/mol. The number of anilines is 1. The molecule has 3 nitrogen and oxygen atoms in total. The minimum atomic E-state index is 0.346. The predicted octanol–water partition coefficient (Wildman–Crippen LogP) is 3.67. The van der Waals surface area contributed by atoms with Gasteiger partial charge in [-0.15, -0.1) is 0 Å². The molecule has 1 rings (SSSR count). The zero-order valence-electron chi connectivity index (χ0n) is 10.5. The van der Waals surface area contributed by atoms with Crippen molar-refractivity contribution in [1.29, 1.82) is 0 Å². The van der Waals surface area contributed by atoms with E-state index in [2.05, 4.69) is 31.1 Å². The van der Waals surface area contributed by atoms with Gasteiger partial charge in [0.1, 0.15) is 0 Å². The summed E-state index contributed by atoms with van der Waals surface area (Å²) in [4.78, 5) is 5.50. The van der Waals surface area contributed by atoms with Crippen molar-refractivity contribution in [2.45, 2.75) is 52.7 Å². The fraction of sp³-hybridized carbons (Fsp3) is 0.750. The maximum Gasteiger partial charge on any atom is 0.182 e. The van der Waals surface area contributed by atoms with E-state index in [1.807, 2.05) is 6.20 Å². The van der Waals surface area contributed by atoms with Crippen LogP contribution in [-0.4, -0.2) is 17.6 Å². The molecule has 1 aromatic heterocycles. The van der Waals surface area contributed by atoms with Crippen molar-refractivity contribution in [3.05, 3.63) is 11.1 Å². The molecule has 4 heteroatoms. The first kappa shape index (κ1) is 13.5. The van der Waals surface area contributed by atoms with Crippen LogP contribution < -0.4 is 5.32 Å². The van der Waals surface area contributed by atoms with Crippen LogP contribution in [0.25, 0.3) is 0 Å². The summed E-state index contributed by atoms with van der Waals surface area (Å²) in [5.74, 6) is 0. The lowest BCUT2D eigenvalue weighted by molar-refractivity contribution is 0.0487. The normalized spacial score (nSPS) is 12.7. The second kappa shape index (κ2) is 7.63. The minimum absolute atomic E-state index is 0.346. The standard InChI is InChI=1S/C12H22N2OS/c1-4-6-10(3)15-9-11-8-14-12(16-11)13-7-5-2/h8,10H,4-7,9H2,1-3H3,(H,13,14). The third-order valence-corrected chi connectivity index (χ3v) is 3.21. The minimum Gasteiger partial charge on any atom is -0.373 e. The smallest absolute Gasteiger partial charge is 0.182 e. The molecule has 1 heterocycles. The molecule has 1 atom stereocenters. The molecule has 0 saturated heterocycles. The highest BCUT2D eigenvalue weighted by molar-refractivity contribution is 7.15. The second-order valence-corrected chi connectivity index (χ2v) is 5.08. The fourth-order valence-electron chi connectivity index (χ4n) is 1.40. The number of hydrogen-bond acceptors (Lipinski definition) is 4. The van der Waals surface area contributed by atoms with Crippen LogP contribution >= 0.6 is 11.3 Å². The highest BCUT2D eigenvalue weighted by Gasteiger charge is 2.04. The molecule has 1 unspecified atom stereocenters. The summed E-state index contributed by atoms with van der Waals surface area (Å²) in [7, 11) is 0. The van der Waals surface area contributed by atoms with Gasteiger partial charge in [-0.1, -0.05) is 31.6 Å². The lowest BCUT2D eigenvalue weighted by Gasteiger charge is -2.10. The molecular formula is C12H22N2OS. The first-order valence-electron chi connectivity index (χ1n) is 6.06. The first-order chi connectivity index (χ1) is 7.76. The maximum absolute atomic E-state index is 5.73. The molecule has 0 aliphatic heterocycles. The van der Waals surface area contributed by atoms with Crippen LogP contribution in [0.3, 0.4) is 0 Å². The molecule has 92 valence electrons. The second-order valence-electron chi connectivity index (χ2n) is 3.97. The SMILES string of the molecule is CCCNc1ncc(COC(C)CCC)s1. The molecule has 1 N–H and O–H groups in total. The Balaban J connectivity index is 2.28. The zero-order valence-corrected chi connectivity index (χ0v) is 11.3. The number of hydrogen-bond donors (Lipinski definition) is 1. The molecular weight excluding hydrogens is 220 g/mol. The van der Waals surface area contributed by atoms with Gasteiger partial charge in [-0.3, -0.25) is 0 Å². The first-order valence-corrected chi connectivity index (χ1v) is 6.88. The summed E-state index contributed by atoms with van der Waals surface area (Å²) in [6.07, 6.45) is 5.67. The molecule has 0 amide bonds. The summed E-state index contributed by atoms with van der Waals surface area (Å²) < 4.78 is 5.73. The van der Waals surface area contributed by atoms with Crippen molar-refractivity contribution >= 4 is 16.5 Å². The fourth-order valence-corrected chi connectivity index (χ4v) is 2.16. The van der Waals surface area contributed by atoms with E-state index in [1.54, 1.807) is 11.3 Å². The molecule has 0 bridgehead atoms. The van der Waals surface area contributed by atoms with Gasteiger partial charge in [-0.05, 0) is 19.8 Å². The molecule has 0 aliphatic carbocycles. The van der Waals surface area contributed by atoms with Crippen molar-refractivity contribution in [3.63, 3.8) is 0 Å². The van der Waals surface area contributed by atoms with Crippen LogP contribution in [0.15, 0.2) is 6.20 Å². The Bertz CT molecular complexity index is 288. The van der Waals surface area contributed by atoms with Gasteiger partial charge in [0.25, 0.3) is 0 Å². The van der Waals surface area contributed by atoms with Crippen LogP contribution in [0.2, 0.25) is 0 Å². The molecule has 0 aliphatic rings. The van der Waals surface area contributed by atoms with Gasteiger partial charge in [-0.2, -0.15) is 0 Å². The van der Waals surface area contributed by atoms with E-state index in [0.717, 1.165) is 24.5 Å². The molecule has 0 aromatic carbocycles. The third-order valence-electron chi connectivity index (χ3n) is 2.29. The van der Waals surface area contributed by atoms with Gasteiger partial charge in [0, 0.05) is 12.7 Å². The van der Waals surface area contributed by atoms with E-state index >= 15 is 0 Å². The van der Waals surface area contributed by atoms with Gasteiger partial charge in [0.15, 0.2) is 5.13 Å². The summed E-state index contributed by atoms with van der Waals surface area (Å²) in [6.45, 7) is 8.13. The number of aromatic nitrogens is 1. The highest BCUT2D eigenvalue weighted by atomic mass is 32.1. The highest BCUT2D eigenvalue weighted by Crippen LogP contribution is 2.19. The summed E-state index contributed by atoms with van der Waals surface area (Å²) in [6, 6.07) is 0. The number of nitrogens with one attached hydrogen (secondary N) is 1. The predicted molar refractivity (Wildman–Crippen MR) is 70.1 cm³/mol. The van der Waals surface area contributed by atoms with Crippen molar-refractivity contribution in [1.82, 2.24) is 4.98 Å². The number of nitrogens with zero attached hydrogens (tertiary/aromatic N) is 1. The maximum atomic E-state index is 5.73. The molecule has 16 heavy (non-hydrogen) atoms. The van der Waals surface area contributed by atoms with Gasteiger partial charge < -0.3 is 10.1 Å². The van der Waals surface area contributed by atoms with E-state index in [-0.39, 0.29) is 0 Å². The van der Waals surface area contributed by atoms with Gasteiger partial charge in [0.2, 0.25) is 0 Å². The topological polar surface area (TPSA) is 34.2 Å². The van der Waals surface area contributed by atoms with Gasteiger partial charge in [-0.25, -0.2) is 4.98 Å². The average Bonchev–Trinajstić information content (AvgIpc) is 2.72. The van der Waals surface area contributed by atoms with E-state index in [0.29, 0.717) is 12.7 Å². The van der Waals surface area contributed by atoms with Gasteiger partial charge in [0.05, 0.1) is 17.6 Å². The quantitative estimate of drug-likeness (QED) is 0.755. The largest absolute Gasteiger partial charge is 0.373 e. The van der Waals surface area contributed by atoms with Crippen molar-refractivity contribution in [3.8, 4) is 0 Å². The molecule has 0 spiro atoms.